The highest BCUT2D eigenvalue weighted by molar-refractivity contribution is 7.92. The van der Waals surface area contributed by atoms with Crippen LogP contribution in [0.25, 0.3) is 0 Å². The lowest BCUT2D eigenvalue weighted by molar-refractivity contribution is -0.151. The molecule has 0 aromatic rings. The second-order valence-electron chi connectivity index (χ2n) is 3.97. The van der Waals surface area contributed by atoms with E-state index in [0.29, 0.717) is 12.8 Å². The maximum atomic E-state index is 11.4. The Kier molecular flexibility index (Phi) is 3.57. The van der Waals surface area contributed by atoms with Gasteiger partial charge in [0.15, 0.2) is 9.84 Å². The van der Waals surface area contributed by atoms with Crippen molar-refractivity contribution in [3.8, 4) is 0 Å². The first-order valence-electron chi connectivity index (χ1n) is 5.06. The minimum Gasteiger partial charge on any atom is -0.480 e. The van der Waals surface area contributed by atoms with Gasteiger partial charge in [0.1, 0.15) is 11.3 Å². The fourth-order valence-corrected chi connectivity index (χ4v) is 2.20. The van der Waals surface area contributed by atoms with Gasteiger partial charge in [0.2, 0.25) is 5.91 Å². The fourth-order valence-electron chi connectivity index (χ4n) is 1.53. The predicted octanol–water partition coefficient (Wildman–Crippen LogP) is -0.455. The number of hydrogen-bond acceptors (Lipinski definition) is 4. The quantitative estimate of drug-likeness (QED) is 0.687. The van der Waals surface area contributed by atoms with Crippen molar-refractivity contribution in [1.29, 1.82) is 0 Å². The highest BCUT2D eigenvalue weighted by atomic mass is 32.2. The van der Waals surface area contributed by atoms with Crippen LogP contribution < -0.4 is 5.32 Å². The maximum Gasteiger partial charge on any atom is 0.329 e. The minimum atomic E-state index is -3.41. The average Bonchev–Trinajstić information content (AvgIpc) is 2.10. The molecule has 0 bridgehead atoms. The zero-order valence-corrected chi connectivity index (χ0v) is 9.84. The largest absolute Gasteiger partial charge is 0.480 e. The standard InChI is InChI=1S/C9H15NO5S/c1-2-16(14,15)6-7(11)10-9(8(12)13)4-3-5-9/h2-6H2,1H3,(H,10,11)(H,12,13). The molecule has 0 radical (unpaired) electrons. The predicted molar refractivity (Wildman–Crippen MR) is 56.7 cm³/mol. The van der Waals surface area contributed by atoms with Gasteiger partial charge in [-0.3, -0.25) is 4.79 Å². The average molecular weight is 249 g/mol. The molecule has 0 aromatic carbocycles. The first kappa shape index (κ1) is 13.0. The van der Waals surface area contributed by atoms with Crippen molar-refractivity contribution in [3.63, 3.8) is 0 Å². The molecule has 92 valence electrons. The van der Waals surface area contributed by atoms with Gasteiger partial charge in [0.05, 0.1) is 0 Å². The Balaban J connectivity index is 2.61. The Bertz CT molecular complexity index is 396. The Morgan fingerprint density at radius 1 is 1.38 bits per heavy atom. The summed E-state index contributed by atoms with van der Waals surface area (Å²) in [5, 5.41) is 11.2. The van der Waals surface area contributed by atoms with E-state index in [4.69, 9.17) is 5.11 Å². The monoisotopic (exact) mass is 249 g/mol. The van der Waals surface area contributed by atoms with Gasteiger partial charge in [-0.15, -0.1) is 0 Å². The van der Waals surface area contributed by atoms with Crippen LogP contribution in [0.4, 0.5) is 0 Å². The zero-order valence-electron chi connectivity index (χ0n) is 9.02. The van der Waals surface area contributed by atoms with E-state index in [1.807, 2.05) is 0 Å². The van der Waals surface area contributed by atoms with Crippen LogP contribution in [0.15, 0.2) is 0 Å². The summed E-state index contributed by atoms with van der Waals surface area (Å²) in [6, 6.07) is 0. The van der Waals surface area contributed by atoms with Gasteiger partial charge in [-0.25, -0.2) is 13.2 Å². The van der Waals surface area contributed by atoms with Gasteiger partial charge in [0.25, 0.3) is 0 Å². The Morgan fingerprint density at radius 3 is 2.25 bits per heavy atom. The Morgan fingerprint density at radius 2 is 1.94 bits per heavy atom. The third-order valence-corrected chi connectivity index (χ3v) is 4.37. The summed E-state index contributed by atoms with van der Waals surface area (Å²) >= 11 is 0. The molecule has 0 aromatic heterocycles. The van der Waals surface area contributed by atoms with Gasteiger partial charge in [-0.05, 0) is 19.3 Å². The molecule has 7 heteroatoms. The van der Waals surface area contributed by atoms with Crippen molar-refractivity contribution >= 4 is 21.7 Å². The molecule has 0 atom stereocenters. The van der Waals surface area contributed by atoms with E-state index in [0.717, 1.165) is 6.42 Å². The van der Waals surface area contributed by atoms with Gasteiger partial charge < -0.3 is 10.4 Å². The van der Waals surface area contributed by atoms with E-state index >= 15 is 0 Å². The number of carboxylic acids is 1. The van der Waals surface area contributed by atoms with Crippen molar-refractivity contribution in [1.82, 2.24) is 5.32 Å². The topological polar surface area (TPSA) is 101 Å². The summed E-state index contributed by atoms with van der Waals surface area (Å²) in [5.41, 5.74) is -1.24. The van der Waals surface area contributed by atoms with Crippen molar-refractivity contribution < 1.29 is 23.1 Å². The second kappa shape index (κ2) is 4.40. The van der Waals surface area contributed by atoms with Crippen molar-refractivity contribution in [2.45, 2.75) is 31.7 Å². The molecule has 0 spiro atoms. The smallest absolute Gasteiger partial charge is 0.329 e. The molecular weight excluding hydrogens is 234 g/mol. The summed E-state index contributed by atoms with van der Waals surface area (Å²) in [7, 11) is -3.41. The number of carbonyl (C=O) groups excluding carboxylic acids is 1. The van der Waals surface area contributed by atoms with Crippen molar-refractivity contribution in [2.24, 2.45) is 0 Å². The molecule has 0 aliphatic heterocycles. The first-order valence-corrected chi connectivity index (χ1v) is 6.88. The maximum absolute atomic E-state index is 11.4. The number of rotatable bonds is 5. The Hall–Kier alpha value is -1.11. The van der Waals surface area contributed by atoms with Gasteiger partial charge >= 0.3 is 5.97 Å². The number of carboxylic acid groups (broad SMARTS) is 1. The number of carbonyl (C=O) groups is 2. The molecule has 1 saturated carbocycles. The van der Waals surface area contributed by atoms with Crippen LogP contribution in [-0.4, -0.2) is 42.4 Å². The molecule has 0 heterocycles. The number of aliphatic carboxylic acids is 1. The molecule has 0 saturated heterocycles. The SMILES string of the molecule is CCS(=O)(=O)CC(=O)NC1(C(=O)O)CCC1. The van der Waals surface area contributed by atoms with E-state index in [-0.39, 0.29) is 5.75 Å². The van der Waals surface area contributed by atoms with Crippen molar-refractivity contribution in [3.05, 3.63) is 0 Å². The van der Waals surface area contributed by atoms with Crippen LogP contribution in [0, 0.1) is 0 Å². The number of sulfone groups is 1. The molecule has 2 N–H and O–H groups in total. The lowest BCUT2D eigenvalue weighted by atomic mass is 9.77. The molecule has 6 nitrogen and oxygen atoms in total. The summed E-state index contributed by atoms with van der Waals surface area (Å²) in [4.78, 5) is 22.3. The molecule has 1 aliphatic rings. The van der Waals surface area contributed by atoms with Crippen LogP contribution >= 0.6 is 0 Å². The molecule has 0 unspecified atom stereocenters. The van der Waals surface area contributed by atoms with E-state index in [2.05, 4.69) is 5.32 Å². The molecule has 1 aliphatic carbocycles. The van der Waals surface area contributed by atoms with Crippen molar-refractivity contribution in [2.75, 3.05) is 11.5 Å². The van der Waals surface area contributed by atoms with E-state index in [9.17, 15) is 18.0 Å². The zero-order chi connectivity index (χ0) is 12.4. The molecule has 16 heavy (non-hydrogen) atoms. The molecule has 1 amide bonds. The lowest BCUT2D eigenvalue weighted by Crippen LogP contribution is -2.60. The van der Waals surface area contributed by atoms with Gasteiger partial charge in [-0.1, -0.05) is 6.92 Å². The van der Waals surface area contributed by atoms with E-state index < -0.39 is 33.0 Å². The normalized spacial score (nSPS) is 18.6. The van der Waals surface area contributed by atoms with Gasteiger partial charge in [-0.2, -0.15) is 0 Å². The minimum absolute atomic E-state index is 0.125. The molecule has 1 rings (SSSR count). The summed E-state index contributed by atoms with van der Waals surface area (Å²) in [6.07, 6.45) is 1.45. The Labute approximate surface area is 93.9 Å². The van der Waals surface area contributed by atoms with Crippen LogP contribution in [0.3, 0.4) is 0 Å². The fraction of sp³-hybridized carbons (Fsp3) is 0.778. The van der Waals surface area contributed by atoms with Gasteiger partial charge in [0, 0.05) is 5.75 Å². The highest BCUT2D eigenvalue weighted by Crippen LogP contribution is 2.31. The summed E-state index contributed by atoms with van der Waals surface area (Å²) in [6.45, 7) is 1.44. The van der Waals surface area contributed by atoms with Crippen LogP contribution in [-0.2, 0) is 19.4 Å². The van der Waals surface area contributed by atoms with Crippen LogP contribution in [0.5, 0.6) is 0 Å². The summed E-state index contributed by atoms with van der Waals surface area (Å²) in [5.74, 6) is -2.59. The number of nitrogens with one attached hydrogen (secondary N) is 1. The van der Waals surface area contributed by atoms with E-state index in [1.54, 1.807) is 0 Å². The lowest BCUT2D eigenvalue weighted by Gasteiger charge is -2.38. The van der Waals surface area contributed by atoms with Crippen LogP contribution in [0.2, 0.25) is 0 Å². The third-order valence-electron chi connectivity index (χ3n) is 2.79. The van der Waals surface area contributed by atoms with E-state index in [1.165, 1.54) is 6.92 Å². The number of hydrogen-bond donors (Lipinski definition) is 2. The first-order chi connectivity index (χ1) is 7.31. The molecule has 1 fully saturated rings. The highest BCUT2D eigenvalue weighted by Gasteiger charge is 2.45. The number of amides is 1. The molecular formula is C9H15NO5S. The summed E-state index contributed by atoms with van der Waals surface area (Å²) < 4.78 is 22.3. The third kappa shape index (κ3) is 2.72. The van der Waals surface area contributed by atoms with Crippen LogP contribution in [0.1, 0.15) is 26.2 Å². The second-order valence-corrected chi connectivity index (χ2v) is 6.32.